The lowest BCUT2D eigenvalue weighted by Gasteiger charge is -2.49. The van der Waals surface area contributed by atoms with Crippen molar-refractivity contribution in [1.82, 2.24) is 5.32 Å². The first-order valence-corrected chi connectivity index (χ1v) is 17.7. The van der Waals surface area contributed by atoms with Gasteiger partial charge >= 0.3 is 0 Å². The summed E-state index contributed by atoms with van der Waals surface area (Å²) in [6.45, 7) is -2.20. The number of hydrogen-bond acceptors (Lipinski definition) is 21. The third-order valence-electron chi connectivity index (χ3n) is 9.69. The molecule has 22 nitrogen and oxygen atoms in total. The van der Waals surface area contributed by atoms with E-state index in [4.69, 9.17) is 43.6 Å². The van der Waals surface area contributed by atoms with E-state index in [1.807, 2.05) is 0 Å². The van der Waals surface area contributed by atoms with Crippen LogP contribution in [-0.4, -0.2) is 224 Å². The SMILES string of the molecule is CC(=O)N[C@H]1C(O)[C@@H](O)C(CO)O[C@H]1O[C@@H]1C(O)[C@@H](O[C@H]2C(CO)O[C@@H](O[C@@H]3C(CF)O[C@@H](OCCCCCN)[C@@H](O)C3O)[C@@H](O)C2O)OC(CO)[C@@H]1O. The fourth-order valence-electron chi connectivity index (χ4n) is 6.67. The molecule has 14 N–H and O–H groups in total. The Balaban J connectivity index is 1.46. The van der Waals surface area contributed by atoms with E-state index in [0.717, 1.165) is 19.8 Å². The van der Waals surface area contributed by atoms with Crippen molar-refractivity contribution in [3.8, 4) is 0 Å². The molecule has 0 spiro atoms. The number of nitrogens with one attached hydrogen (secondary N) is 1. The van der Waals surface area contributed by atoms with Crippen LogP contribution in [0.2, 0.25) is 0 Å². The van der Waals surface area contributed by atoms with Gasteiger partial charge in [0.25, 0.3) is 0 Å². The summed E-state index contributed by atoms with van der Waals surface area (Å²) in [5.74, 6) is -0.694. The number of hydrogen-bond donors (Lipinski definition) is 13. The van der Waals surface area contributed by atoms with Gasteiger partial charge in [0.1, 0.15) is 104 Å². The van der Waals surface area contributed by atoms with Crippen LogP contribution in [0, 0.1) is 0 Å². The first kappa shape index (κ1) is 45.3. The maximum Gasteiger partial charge on any atom is 0.217 e. The van der Waals surface area contributed by atoms with E-state index in [1.165, 1.54) is 0 Å². The van der Waals surface area contributed by atoms with Crippen molar-refractivity contribution in [2.45, 2.75) is 149 Å². The zero-order valence-corrected chi connectivity index (χ0v) is 29.5. The zero-order chi connectivity index (χ0) is 39.9. The molecule has 8 unspecified atom stereocenters. The van der Waals surface area contributed by atoms with Crippen molar-refractivity contribution in [3.63, 3.8) is 0 Å². The third kappa shape index (κ3) is 10.4. The molecule has 4 aliphatic rings. The molecule has 0 aromatic heterocycles. The number of amides is 1. The molecule has 316 valence electrons. The molecular weight excluding hydrogens is 739 g/mol. The second kappa shape index (κ2) is 20.9. The number of ether oxygens (including phenoxy) is 8. The van der Waals surface area contributed by atoms with Crippen LogP contribution in [0.3, 0.4) is 0 Å². The van der Waals surface area contributed by atoms with E-state index in [1.54, 1.807) is 0 Å². The van der Waals surface area contributed by atoms with Crippen molar-refractivity contribution in [3.05, 3.63) is 0 Å². The van der Waals surface area contributed by atoms with Crippen molar-refractivity contribution in [1.29, 1.82) is 0 Å². The number of aliphatic hydroxyl groups is 11. The molecule has 0 aliphatic carbocycles. The molecule has 20 atom stereocenters. The summed E-state index contributed by atoms with van der Waals surface area (Å²) in [6.07, 6.45) is -31.2. The van der Waals surface area contributed by atoms with Gasteiger partial charge in [-0.25, -0.2) is 4.39 Å². The molecule has 4 heterocycles. The number of rotatable bonds is 17. The van der Waals surface area contributed by atoms with Crippen molar-refractivity contribution in [2.24, 2.45) is 5.73 Å². The lowest BCUT2D eigenvalue weighted by atomic mass is 9.95. The highest BCUT2D eigenvalue weighted by atomic mass is 19.1. The molecule has 54 heavy (non-hydrogen) atoms. The second-order valence-electron chi connectivity index (χ2n) is 13.5. The molecule has 4 rings (SSSR count). The smallest absolute Gasteiger partial charge is 0.217 e. The molecule has 0 aromatic carbocycles. The summed E-state index contributed by atoms with van der Waals surface area (Å²) in [4.78, 5) is 11.9. The number of alkyl halides is 1. The minimum atomic E-state index is -2.05. The van der Waals surface area contributed by atoms with Gasteiger partial charge in [0.05, 0.1) is 19.8 Å². The number of unbranched alkanes of at least 4 members (excludes halogenated alkanes) is 2. The summed E-state index contributed by atoms with van der Waals surface area (Å²) in [5.41, 5.74) is 5.46. The molecule has 0 saturated carbocycles. The van der Waals surface area contributed by atoms with Gasteiger partial charge in [0.2, 0.25) is 5.91 Å². The topological polar surface area (TPSA) is 351 Å². The number of nitrogens with two attached hydrogens (primary N) is 1. The summed E-state index contributed by atoms with van der Waals surface area (Å²) in [5, 5.41) is 119. The van der Waals surface area contributed by atoms with Crippen molar-refractivity contribution >= 4 is 5.91 Å². The minimum absolute atomic E-state index is 0.114. The number of carbonyl (C=O) groups is 1. The molecular formula is C31H55FN2O20. The monoisotopic (exact) mass is 794 g/mol. The maximum atomic E-state index is 14.1. The standard InChI is InChI=1S/C31H55FN2O20/c1-11(38)34-16-19(41)17(39)13(8-35)49-28(16)54-27-18(40)14(9-36)50-31(24(27)46)53-26-15(10-37)51-30(23(45)21(26)43)52-25-12(7-32)48-29(22(44)20(25)42)47-6-4-2-3-5-33/h12-31,35-37,39-46H,2-10,33H2,1H3,(H,34,38)/t12?,13?,14?,15?,16-,17-,18-,19?,20?,21?,22-,23-,24?,25+,26-,27-,28-,29+,30-,31+/m0/s1. The Bertz CT molecular complexity index is 1130. The van der Waals surface area contributed by atoms with Gasteiger partial charge in [-0.1, -0.05) is 0 Å². The van der Waals surface area contributed by atoms with E-state index in [0.29, 0.717) is 13.0 Å². The maximum absolute atomic E-state index is 14.1. The predicted molar refractivity (Wildman–Crippen MR) is 171 cm³/mol. The zero-order valence-electron chi connectivity index (χ0n) is 29.5. The summed E-state index contributed by atoms with van der Waals surface area (Å²) in [6, 6.07) is -1.50. The largest absolute Gasteiger partial charge is 0.394 e. The summed E-state index contributed by atoms with van der Waals surface area (Å²) >= 11 is 0. The third-order valence-corrected chi connectivity index (χ3v) is 9.69. The highest BCUT2D eigenvalue weighted by molar-refractivity contribution is 5.73. The Morgan fingerprint density at radius 2 is 1.09 bits per heavy atom. The first-order valence-electron chi connectivity index (χ1n) is 17.7. The van der Waals surface area contributed by atoms with Gasteiger partial charge in [0, 0.05) is 13.5 Å². The Morgan fingerprint density at radius 1 is 0.593 bits per heavy atom. The second-order valence-corrected chi connectivity index (χ2v) is 13.5. The Morgan fingerprint density at radius 3 is 1.67 bits per heavy atom. The lowest BCUT2D eigenvalue weighted by molar-refractivity contribution is -0.386. The van der Waals surface area contributed by atoms with Crippen LogP contribution in [0.1, 0.15) is 26.2 Å². The average molecular weight is 795 g/mol. The van der Waals surface area contributed by atoms with E-state index in [-0.39, 0.29) is 6.61 Å². The summed E-state index contributed by atoms with van der Waals surface area (Å²) < 4.78 is 58.8. The van der Waals surface area contributed by atoms with Gasteiger partial charge in [0.15, 0.2) is 25.2 Å². The molecule has 4 aliphatic heterocycles. The number of halogens is 1. The fourth-order valence-corrected chi connectivity index (χ4v) is 6.67. The molecule has 4 fully saturated rings. The van der Waals surface area contributed by atoms with Crippen LogP contribution in [0.5, 0.6) is 0 Å². The number of aliphatic hydroxyl groups excluding tert-OH is 11. The van der Waals surface area contributed by atoms with Gasteiger partial charge in [-0.15, -0.1) is 0 Å². The summed E-state index contributed by atoms with van der Waals surface area (Å²) in [7, 11) is 0. The van der Waals surface area contributed by atoms with Gasteiger partial charge in [-0.05, 0) is 25.8 Å². The highest BCUT2D eigenvalue weighted by Crippen LogP contribution is 2.34. The number of carbonyl (C=O) groups excluding carboxylic acids is 1. The Kier molecular flexibility index (Phi) is 17.5. The lowest BCUT2D eigenvalue weighted by Crippen LogP contribution is -2.69. The molecule has 0 aromatic rings. The van der Waals surface area contributed by atoms with Crippen LogP contribution >= 0.6 is 0 Å². The fraction of sp³-hybridized carbons (Fsp3) is 0.968. The minimum Gasteiger partial charge on any atom is -0.394 e. The van der Waals surface area contributed by atoms with Gasteiger partial charge in [-0.3, -0.25) is 4.79 Å². The normalized spacial score (nSPS) is 46.0. The van der Waals surface area contributed by atoms with Crippen LogP contribution < -0.4 is 11.1 Å². The van der Waals surface area contributed by atoms with E-state index in [9.17, 15) is 65.4 Å². The molecule has 0 bridgehead atoms. The quantitative estimate of drug-likeness (QED) is 0.0608. The molecule has 0 radical (unpaired) electrons. The van der Waals surface area contributed by atoms with Crippen LogP contribution in [-0.2, 0) is 42.7 Å². The molecule has 1 amide bonds. The average Bonchev–Trinajstić information content (AvgIpc) is 3.15. The van der Waals surface area contributed by atoms with Crippen molar-refractivity contribution < 1.29 is 103 Å². The van der Waals surface area contributed by atoms with E-state index in [2.05, 4.69) is 5.32 Å². The van der Waals surface area contributed by atoms with Gasteiger partial charge < -0.3 is 105 Å². The van der Waals surface area contributed by atoms with Crippen LogP contribution in [0.4, 0.5) is 4.39 Å². The van der Waals surface area contributed by atoms with E-state index >= 15 is 0 Å². The van der Waals surface area contributed by atoms with Crippen molar-refractivity contribution in [2.75, 3.05) is 39.6 Å². The highest BCUT2D eigenvalue weighted by Gasteiger charge is 2.55. The Labute approximate surface area is 309 Å². The van der Waals surface area contributed by atoms with Crippen LogP contribution in [0.25, 0.3) is 0 Å². The first-order chi connectivity index (χ1) is 25.7. The molecule has 23 heteroatoms. The molecule has 4 saturated heterocycles. The predicted octanol–water partition coefficient (Wildman–Crippen LogP) is -7.47. The van der Waals surface area contributed by atoms with Crippen LogP contribution in [0.15, 0.2) is 0 Å². The Hall–Kier alpha value is -1.40. The van der Waals surface area contributed by atoms with Gasteiger partial charge in [-0.2, -0.15) is 0 Å². The van der Waals surface area contributed by atoms with E-state index < -0.39 is 155 Å².